The fourth-order valence-electron chi connectivity index (χ4n) is 4.23. The van der Waals surface area contributed by atoms with Crippen LogP contribution in [0.4, 0.5) is 0 Å². The highest BCUT2D eigenvalue weighted by Crippen LogP contribution is 2.20. The maximum atomic E-state index is 12.9. The molecule has 7 nitrogen and oxygen atoms in total. The molecule has 0 radical (unpaired) electrons. The Balaban J connectivity index is 1.31. The summed E-state index contributed by atoms with van der Waals surface area (Å²) in [5, 5.41) is 5.00. The predicted octanol–water partition coefficient (Wildman–Crippen LogP) is 2.68. The quantitative estimate of drug-likeness (QED) is 0.749. The largest absolute Gasteiger partial charge is 0.339 e. The number of piperazine rings is 1. The Morgan fingerprint density at radius 1 is 1.07 bits per heavy atom. The standard InChI is InChI=1S/C22H28ClN5O2/c1-17-6-4-5-10-27(17)21(29)16-25-12-14-26(15-13-25)22(30)19-9-11-28(24-19)20-8-3-2-7-18(20)23/h2-3,7-9,11,17H,4-6,10,12-16H2,1H3. The smallest absolute Gasteiger partial charge is 0.274 e. The number of para-hydroxylation sites is 1. The Morgan fingerprint density at radius 2 is 1.83 bits per heavy atom. The maximum Gasteiger partial charge on any atom is 0.274 e. The average molecular weight is 430 g/mol. The number of carbonyl (C=O) groups is 2. The molecule has 8 heteroatoms. The Morgan fingerprint density at radius 3 is 2.57 bits per heavy atom. The minimum atomic E-state index is -0.0866. The molecule has 0 aliphatic carbocycles. The van der Waals surface area contributed by atoms with E-state index in [9.17, 15) is 9.59 Å². The van der Waals surface area contributed by atoms with Crippen molar-refractivity contribution in [2.24, 2.45) is 0 Å². The number of likely N-dealkylation sites (tertiary alicyclic amines) is 1. The minimum Gasteiger partial charge on any atom is -0.339 e. The zero-order valence-corrected chi connectivity index (χ0v) is 18.1. The molecule has 0 spiro atoms. The Bertz CT molecular complexity index is 906. The Kier molecular flexibility index (Phi) is 6.39. The number of rotatable bonds is 4. The summed E-state index contributed by atoms with van der Waals surface area (Å²) in [6, 6.07) is 9.46. The number of carbonyl (C=O) groups excluding carboxylic acids is 2. The second kappa shape index (κ2) is 9.18. The molecule has 1 aromatic heterocycles. The summed E-state index contributed by atoms with van der Waals surface area (Å²) in [6.45, 7) is 6.03. The van der Waals surface area contributed by atoms with Crippen LogP contribution in [0.25, 0.3) is 5.69 Å². The lowest BCUT2D eigenvalue weighted by molar-refractivity contribution is -0.136. The molecule has 1 atom stereocenters. The summed E-state index contributed by atoms with van der Waals surface area (Å²) in [4.78, 5) is 31.5. The van der Waals surface area contributed by atoms with E-state index in [0.29, 0.717) is 49.5 Å². The van der Waals surface area contributed by atoms with Gasteiger partial charge >= 0.3 is 0 Å². The topological polar surface area (TPSA) is 61.7 Å². The molecule has 4 rings (SSSR count). The Labute approximate surface area is 182 Å². The van der Waals surface area contributed by atoms with Gasteiger partial charge < -0.3 is 9.80 Å². The summed E-state index contributed by atoms with van der Waals surface area (Å²) >= 11 is 6.23. The van der Waals surface area contributed by atoms with Crippen molar-refractivity contribution in [1.82, 2.24) is 24.5 Å². The van der Waals surface area contributed by atoms with Crippen molar-refractivity contribution in [2.75, 3.05) is 39.3 Å². The molecule has 30 heavy (non-hydrogen) atoms. The predicted molar refractivity (Wildman–Crippen MR) is 116 cm³/mol. The molecule has 0 bridgehead atoms. The molecule has 0 saturated carbocycles. The van der Waals surface area contributed by atoms with Gasteiger partial charge in [-0.05, 0) is 44.4 Å². The van der Waals surface area contributed by atoms with Crippen molar-refractivity contribution in [3.05, 3.63) is 47.2 Å². The van der Waals surface area contributed by atoms with E-state index in [4.69, 9.17) is 11.6 Å². The summed E-state index contributed by atoms with van der Waals surface area (Å²) in [6.07, 6.45) is 5.15. The maximum absolute atomic E-state index is 12.9. The second-order valence-electron chi connectivity index (χ2n) is 8.10. The van der Waals surface area contributed by atoms with Crippen LogP contribution in [0.3, 0.4) is 0 Å². The number of amides is 2. The first-order chi connectivity index (χ1) is 14.5. The molecule has 160 valence electrons. The van der Waals surface area contributed by atoms with Crippen molar-refractivity contribution < 1.29 is 9.59 Å². The van der Waals surface area contributed by atoms with E-state index < -0.39 is 0 Å². The van der Waals surface area contributed by atoms with E-state index in [-0.39, 0.29) is 11.8 Å². The number of hydrogen-bond acceptors (Lipinski definition) is 4. The van der Waals surface area contributed by atoms with Crippen LogP contribution < -0.4 is 0 Å². The Hall–Kier alpha value is -2.38. The molecule has 2 aliphatic rings. The molecular weight excluding hydrogens is 402 g/mol. The van der Waals surface area contributed by atoms with Crippen LogP contribution in [0.15, 0.2) is 36.5 Å². The van der Waals surface area contributed by atoms with E-state index in [2.05, 4.69) is 16.9 Å². The van der Waals surface area contributed by atoms with Gasteiger partial charge in [-0.15, -0.1) is 0 Å². The number of nitrogens with zero attached hydrogens (tertiary/aromatic N) is 5. The second-order valence-corrected chi connectivity index (χ2v) is 8.50. The van der Waals surface area contributed by atoms with Gasteiger partial charge in [-0.25, -0.2) is 4.68 Å². The highest BCUT2D eigenvalue weighted by molar-refractivity contribution is 6.32. The number of hydrogen-bond donors (Lipinski definition) is 0. The average Bonchev–Trinajstić information content (AvgIpc) is 3.24. The molecule has 2 fully saturated rings. The normalized spacial score (nSPS) is 20.4. The SMILES string of the molecule is CC1CCCCN1C(=O)CN1CCN(C(=O)c2ccn(-c3ccccc3Cl)n2)CC1. The van der Waals surface area contributed by atoms with Crippen molar-refractivity contribution >= 4 is 23.4 Å². The first-order valence-corrected chi connectivity index (χ1v) is 11.0. The summed E-state index contributed by atoms with van der Waals surface area (Å²) in [5.41, 5.74) is 1.15. The van der Waals surface area contributed by atoms with Gasteiger partial charge in [-0.1, -0.05) is 23.7 Å². The number of benzene rings is 1. The van der Waals surface area contributed by atoms with Crippen LogP contribution in [0.2, 0.25) is 5.02 Å². The number of piperidine rings is 1. The minimum absolute atomic E-state index is 0.0866. The molecule has 2 amide bonds. The molecular formula is C22H28ClN5O2. The lowest BCUT2D eigenvalue weighted by Crippen LogP contribution is -2.53. The molecule has 2 aliphatic heterocycles. The van der Waals surface area contributed by atoms with Crippen molar-refractivity contribution in [3.63, 3.8) is 0 Å². The molecule has 2 aromatic rings. The molecule has 0 N–H and O–H groups in total. The van der Waals surface area contributed by atoms with Gasteiger partial charge in [0.2, 0.25) is 5.91 Å². The van der Waals surface area contributed by atoms with Gasteiger partial charge in [-0.3, -0.25) is 14.5 Å². The third-order valence-electron chi connectivity index (χ3n) is 6.05. The van der Waals surface area contributed by atoms with Gasteiger partial charge in [0, 0.05) is 45.0 Å². The summed E-state index contributed by atoms with van der Waals surface area (Å²) < 4.78 is 1.63. The molecule has 3 heterocycles. The van der Waals surface area contributed by atoms with Crippen LogP contribution in [-0.4, -0.2) is 81.6 Å². The van der Waals surface area contributed by atoms with Crippen LogP contribution in [-0.2, 0) is 4.79 Å². The van der Waals surface area contributed by atoms with Crippen molar-refractivity contribution in [3.8, 4) is 5.69 Å². The third kappa shape index (κ3) is 4.52. The summed E-state index contributed by atoms with van der Waals surface area (Å²) in [7, 11) is 0. The van der Waals surface area contributed by atoms with Gasteiger partial charge in [0.15, 0.2) is 5.69 Å². The third-order valence-corrected chi connectivity index (χ3v) is 6.37. The zero-order chi connectivity index (χ0) is 21.1. The fraction of sp³-hybridized carbons (Fsp3) is 0.500. The van der Waals surface area contributed by atoms with E-state index in [1.807, 2.05) is 28.0 Å². The molecule has 2 saturated heterocycles. The lowest BCUT2D eigenvalue weighted by atomic mass is 10.0. The first kappa shape index (κ1) is 20.9. The van der Waals surface area contributed by atoms with Gasteiger partial charge in [0.25, 0.3) is 5.91 Å². The van der Waals surface area contributed by atoms with E-state index >= 15 is 0 Å². The van der Waals surface area contributed by atoms with Gasteiger partial charge in [-0.2, -0.15) is 5.10 Å². The molecule has 1 unspecified atom stereocenters. The highest BCUT2D eigenvalue weighted by Gasteiger charge is 2.28. The van der Waals surface area contributed by atoms with Crippen LogP contribution in [0.5, 0.6) is 0 Å². The van der Waals surface area contributed by atoms with Crippen LogP contribution >= 0.6 is 11.6 Å². The fourth-order valence-corrected chi connectivity index (χ4v) is 4.45. The van der Waals surface area contributed by atoms with Crippen molar-refractivity contribution in [2.45, 2.75) is 32.2 Å². The number of halogens is 1. The first-order valence-electron chi connectivity index (χ1n) is 10.6. The summed E-state index contributed by atoms with van der Waals surface area (Å²) in [5.74, 6) is 0.122. The zero-order valence-electron chi connectivity index (χ0n) is 17.3. The monoisotopic (exact) mass is 429 g/mol. The lowest BCUT2D eigenvalue weighted by Gasteiger charge is -2.37. The van der Waals surface area contributed by atoms with Gasteiger partial charge in [0.05, 0.1) is 17.3 Å². The van der Waals surface area contributed by atoms with E-state index in [1.165, 1.54) is 6.42 Å². The van der Waals surface area contributed by atoms with E-state index in [1.54, 1.807) is 23.0 Å². The van der Waals surface area contributed by atoms with Gasteiger partial charge in [0.1, 0.15) is 0 Å². The van der Waals surface area contributed by atoms with E-state index in [0.717, 1.165) is 25.1 Å². The van der Waals surface area contributed by atoms with Crippen LogP contribution in [0, 0.1) is 0 Å². The van der Waals surface area contributed by atoms with Crippen LogP contribution in [0.1, 0.15) is 36.7 Å². The van der Waals surface area contributed by atoms with Crippen molar-refractivity contribution in [1.29, 1.82) is 0 Å². The number of aromatic nitrogens is 2. The highest BCUT2D eigenvalue weighted by atomic mass is 35.5. The molecule has 1 aromatic carbocycles.